The summed E-state index contributed by atoms with van der Waals surface area (Å²) >= 11 is 12.0. The van der Waals surface area contributed by atoms with Crippen LogP contribution < -0.4 is 5.01 Å². The molecule has 0 saturated heterocycles. The first kappa shape index (κ1) is 18.7. The van der Waals surface area contributed by atoms with Gasteiger partial charge in [-0.2, -0.15) is 5.10 Å². The fraction of sp³-hybridized carbons (Fsp3) is 0.0870. The molecule has 4 rings (SSSR count). The second kappa shape index (κ2) is 8.17. The summed E-state index contributed by atoms with van der Waals surface area (Å²) in [6, 6.07) is 21.8. The van der Waals surface area contributed by atoms with E-state index in [4.69, 9.17) is 28.3 Å². The maximum atomic E-state index is 13.8. The molecule has 3 aromatic carbocycles. The normalized spacial score (nSPS) is 16.6. The molecule has 5 heteroatoms. The predicted octanol–water partition coefficient (Wildman–Crippen LogP) is 7.15. The number of hydrazone groups is 1. The third kappa shape index (κ3) is 4.27. The summed E-state index contributed by atoms with van der Waals surface area (Å²) in [5.74, 6) is -0.285. The van der Waals surface area contributed by atoms with Crippen LogP contribution in [0.2, 0.25) is 10.0 Å². The zero-order valence-corrected chi connectivity index (χ0v) is 16.4. The molecule has 1 atom stereocenters. The van der Waals surface area contributed by atoms with Crippen molar-refractivity contribution >= 4 is 40.7 Å². The molecule has 1 aliphatic heterocycles. The van der Waals surface area contributed by atoms with E-state index in [2.05, 4.69) is 0 Å². The number of rotatable bonds is 4. The highest BCUT2D eigenvalue weighted by molar-refractivity contribution is 6.30. The summed E-state index contributed by atoms with van der Waals surface area (Å²) in [5.41, 5.74) is 3.75. The molecular weight excluding hydrogens is 394 g/mol. The Morgan fingerprint density at radius 3 is 2.25 bits per heavy atom. The lowest BCUT2D eigenvalue weighted by Gasteiger charge is -2.24. The SMILES string of the molecule is Fc1cccc(N2N=C(C=Cc3ccc(Cl)cc3)CC2c2ccc(Cl)cc2)c1. The Balaban J connectivity index is 1.65. The van der Waals surface area contributed by atoms with Crippen molar-refractivity contribution in [2.45, 2.75) is 12.5 Å². The summed E-state index contributed by atoms with van der Waals surface area (Å²) in [6.07, 6.45) is 4.71. The molecule has 1 aliphatic rings. The average molecular weight is 411 g/mol. The van der Waals surface area contributed by atoms with Gasteiger partial charge in [0.05, 0.1) is 17.4 Å². The molecule has 1 unspecified atom stereocenters. The molecule has 0 spiro atoms. The molecule has 0 bridgehead atoms. The molecule has 0 amide bonds. The minimum atomic E-state index is -0.285. The van der Waals surface area contributed by atoms with Gasteiger partial charge in [-0.3, -0.25) is 5.01 Å². The molecule has 0 aliphatic carbocycles. The summed E-state index contributed by atoms with van der Waals surface area (Å²) in [7, 11) is 0. The lowest BCUT2D eigenvalue weighted by molar-refractivity contribution is 0.624. The van der Waals surface area contributed by atoms with E-state index in [9.17, 15) is 4.39 Å². The van der Waals surface area contributed by atoms with E-state index >= 15 is 0 Å². The van der Waals surface area contributed by atoms with Crippen molar-refractivity contribution in [2.24, 2.45) is 5.10 Å². The lowest BCUT2D eigenvalue weighted by atomic mass is 10.0. The van der Waals surface area contributed by atoms with Crippen LogP contribution in [0.1, 0.15) is 23.6 Å². The van der Waals surface area contributed by atoms with Crippen LogP contribution in [0.3, 0.4) is 0 Å². The Morgan fingerprint density at radius 2 is 1.57 bits per heavy atom. The first-order valence-electron chi connectivity index (χ1n) is 8.90. The molecule has 0 aromatic heterocycles. The molecule has 0 saturated carbocycles. The Bertz CT molecular complexity index is 1030. The van der Waals surface area contributed by atoms with Crippen LogP contribution in [0.15, 0.2) is 84.0 Å². The average Bonchev–Trinajstić information content (AvgIpc) is 3.12. The number of anilines is 1. The van der Waals surface area contributed by atoms with E-state index in [0.717, 1.165) is 22.5 Å². The minimum absolute atomic E-state index is 0.0241. The topological polar surface area (TPSA) is 15.6 Å². The third-order valence-corrected chi connectivity index (χ3v) is 5.10. The number of hydrogen-bond acceptors (Lipinski definition) is 2. The van der Waals surface area contributed by atoms with Crippen molar-refractivity contribution in [1.82, 2.24) is 0 Å². The van der Waals surface area contributed by atoms with Gasteiger partial charge in [-0.05, 0) is 59.7 Å². The van der Waals surface area contributed by atoms with Gasteiger partial charge in [-0.25, -0.2) is 4.39 Å². The molecule has 2 nitrogen and oxygen atoms in total. The second-order valence-corrected chi connectivity index (χ2v) is 7.45. The summed E-state index contributed by atoms with van der Waals surface area (Å²) in [5, 5.41) is 8.01. The third-order valence-electron chi connectivity index (χ3n) is 4.60. The van der Waals surface area contributed by atoms with Crippen molar-refractivity contribution < 1.29 is 4.39 Å². The standard InChI is InChI=1S/C23H17Cl2FN2/c24-18-9-4-16(5-10-18)6-13-21-15-23(17-7-11-19(25)12-8-17)28(27-21)22-3-1-2-20(26)14-22/h1-14,23H,15H2. The zero-order valence-electron chi connectivity index (χ0n) is 14.9. The van der Waals surface area contributed by atoms with Crippen LogP contribution in [0.25, 0.3) is 6.08 Å². The largest absolute Gasteiger partial charge is 0.257 e. The van der Waals surface area contributed by atoms with E-state index < -0.39 is 0 Å². The van der Waals surface area contributed by atoms with Gasteiger partial charge in [0.1, 0.15) is 5.82 Å². The molecule has 3 aromatic rings. The molecule has 0 fully saturated rings. The molecule has 0 radical (unpaired) electrons. The molecule has 1 heterocycles. The van der Waals surface area contributed by atoms with Crippen molar-refractivity contribution in [3.8, 4) is 0 Å². The maximum Gasteiger partial charge on any atom is 0.125 e. The van der Waals surface area contributed by atoms with E-state index in [1.165, 1.54) is 12.1 Å². The number of benzene rings is 3. The number of halogens is 3. The highest BCUT2D eigenvalue weighted by atomic mass is 35.5. The van der Waals surface area contributed by atoms with Crippen LogP contribution in [-0.4, -0.2) is 5.71 Å². The Morgan fingerprint density at radius 1 is 0.893 bits per heavy atom. The van der Waals surface area contributed by atoms with Gasteiger partial charge in [0.25, 0.3) is 0 Å². The number of nitrogens with zero attached hydrogens (tertiary/aromatic N) is 2. The fourth-order valence-electron chi connectivity index (χ4n) is 3.20. The highest BCUT2D eigenvalue weighted by Gasteiger charge is 2.28. The van der Waals surface area contributed by atoms with Gasteiger partial charge in [0.15, 0.2) is 0 Å². The quantitative estimate of drug-likeness (QED) is 0.445. The van der Waals surface area contributed by atoms with Crippen LogP contribution in [-0.2, 0) is 0 Å². The fourth-order valence-corrected chi connectivity index (χ4v) is 3.45. The van der Waals surface area contributed by atoms with Gasteiger partial charge in [-0.15, -0.1) is 0 Å². The number of allylic oxidation sites excluding steroid dienone is 1. The minimum Gasteiger partial charge on any atom is -0.257 e. The summed E-state index contributed by atoms with van der Waals surface area (Å²) in [6.45, 7) is 0. The highest BCUT2D eigenvalue weighted by Crippen LogP contribution is 2.36. The second-order valence-electron chi connectivity index (χ2n) is 6.57. The maximum absolute atomic E-state index is 13.8. The first-order valence-corrected chi connectivity index (χ1v) is 9.65. The number of hydrogen-bond donors (Lipinski definition) is 0. The smallest absolute Gasteiger partial charge is 0.125 e. The van der Waals surface area contributed by atoms with Crippen molar-refractivity contribution in [3.63, 3.8) is 0 Å². The monoisotopic (exact) mass is 410 g/mol. The molecular formula is C23H17Cl2FN2. The Hall–Kier alpha value is -2.62. The molecule has 140 valence electrons. The summed E-state index contributed by atoms with van der Waals surface area (Å²) < 4.78 is 13.8. The van der Waals surface area contributed by atoms with Gasteiger partial charge >= 0.3 is 0 Å². The van der Waals surface area contributed by atoms with Gasteiger partial charge < -0.3 is 0 Å². The van der Waals surface area contributed by atoms with Crippen LogP contribution >= 0.6 is 23.2 Å². The van der Waals surface area contributed by atoms with Crippen LogP contribution in [0.4, 0.5) is 10.1 Å². The van der Waals surface area contributed by atoms with Crippen LogP contribution in [0, 0.1) is 5.82 Å². The van der Waals surface area contributed by atoms with Crippen LogP contribution in [0.5, 0.6) is 0 Å². The van der Waals surface area contributed by atoms with Crippen molar-refractivity contribution in [2.75, 3.05) is 5.01 Å². The van der Waals surface area contributed by atoms with Crippen molar-refractivity contribution in [1.29, 1.82) is 0 Å². The first-order chi connectivity index (χ1) is 13.6. The zero-order chi connectivity index (χ0) is 19.5. The van der Waals surface area contributed by atoms with Gasteiger partial charge in [0, 0.05) is 16.5 Å². The van der Waals surface area contributed by atoms with Gasteiger partial charge in [0.2, 0.25) is 0 Å². The lowest BCUT2D eigenvalue weighted by Crippen LogP contribution is -2.18. The molecule has 28 heavy (non-hydrogen) atoms. The predicted molar refractivity (Wildman–Crippen MR) is 116 cm³/mol. The van der Waals surface area contributed by atoms with Crippen molar-refractivity contribution in [3.05, 3.63) is 106 Å². The Kier molecular flexibility index (Phi) is 5.47. The molecule has 0 N–H and O–H groups in total. The van der Waals surface area contributed by atoms with E-state index in [1.807, 2.05) is 71.8 Å². The Labute approximate surface area is 173 Å². The van der Waals surface area contributed by atoms with E-state index in [-0.39, 0.29) is 11.9 Å². The van der Waals surface area contributed by atoms with Gasteiger partial charge in [-0.1, -0.05) is 59.6 Å². The van der Waals surface area contributed by atoms with E-state index in [0.29, 0.717) is 16.5 Å². The van der Waals surface area contributed by atoms with E-state index in [1.54, 1.807) is 6.07 Å². The summed E-state index contributed by atoms with van der Waals surface area (Å²) in [4.78, 5) is 0.